The number of ether oxygens (including phenoxy) is 1. The average molecular weight is 425 g/mol. The Kier molecular flexibility index (Phi) is 8.20. The van der Waals surface area contributed by atoms with Crippen molar-refractivity contribution in [2.45, 2.75) is 70.5 Å². The second kappa shape index (κ2) is 10.9. The summed E-state index contributed by atoms with van der Waals surface area (Å²) in [5.41, 5.74) is 3.00. The van der Waals surface area contributed by atoms with E-state index in [1.807, 2.05) is 55.5 Å². The van der Waals surface area contributed by atoms with Crippen molar-refractivity contribution in [2.24, 2.45) is 5.92 Å². The van der Waals surface area contributed by atoms with Crippen LogP contribution < -0.4 is 0 Å². The summed E-state index contributed by atoms with van der Waals surface area (Å²) in [6.45, 7) is 7.57. The van der Waals surface area contributed by atoms with Crippen molar-refractivity contribution in [3.8, 4) is 0 Å². The van der Waals surface area contributed by atoms with E-state index in [1.165, 1.54) is 17.7 Å². The van der Waals surface area contributed by atoms with E-state index in [0.29, 0.717) is 11.8 Å². The zero-order chi connectivity index (χ0) is 22.3. The molecule has 1 atom stereocenters. The van der Waals surface area contributed by atoms with Crippen LogP contribution in [0.1, 0.15) is 80.2 Å². The van der Waals surface area contributed by atoms with Crippen LogP contribution in [0, 0.1) is 5.92 Å². The Hall–Kier alpha value is -2.26. The average Bonchev–Trinajstić information content (AvgIpc) is 2.79. The van der Waals surface area contributed by atoms with Gasteiger partial charge in [0.2, 0.25) is 0 Å². The van der Waals surface area contributed by atoms with Crippen molar-refractivity contribution >= 4 is 0 Å². The van der Waals surface area contributed by atoms with Crippen LogP contribution in [0.4, 0.5) is 8.78 Å². The van der Waals surface area contributed by atoms with Crippen molar-refractivity contribution < 1.29 is 13.5 Å². The summed E-state index contributed by atoms with van der Waals surface area (Å²) < 4.78 is 34.8. The summed E-state index contributed by atoms with van der Waals surface area (Å²) in [7, 11) is 0. The molecule has 2 aromatic carbocycles. The van der Waals surface area contributed by atoms with E-state index in [0.717, 1.165) is 49.7 Å². The zero-order valence-corrected chi connectivity index (χ0v) is 18.7. The lowest BCUT2D eigenvalue weighted by Gasteiger charge is -2.27. The van der Waals surface area contributed by atoms with Gasteiger partial charge in [-0.05, 0) is 80.9 Å². The molecule has 0 heterocycles. The van der Waals surface area contributed by atoms with E-state index in [2.05, 4.69) is 12.7 Å². The molecule has 1 aliphatic carbocycles. The van der Waals surface area contributed by atoms with Crippen molar-refractivity contribution in [1.29, 1.82) is 0 Å². The first-order valence-corrected chi connectivity index (χ1v) is 11.4. The van der Waals surface area contributed by atoms with Crippen LogP contribution in [0.25, 0.3) is 0 Å². The number of halogens is 2. The molecule has 0 amide bonds. The minimum atomic E-state index is -3.33. The molecule has 0 radical (unpaired) electrons. The zero-order valence-electron chi connectivity index (χ0n) is 18.7. The number of hydrogen-bond acceptors (Lipinski definition) is 1. The Labute approximate surface area is 185 Å². The van der Waals surface area contributed by atoms with E-state index in [-0.39, 0.29) is 5.56 Å². The van der Waals surface area contributed by atoms with Crippen molar-refractivity contribution in [2.75, 3.05) is 0 Å². The summed E-state index contributed by atoms with van der Waals surface area (Å²) in [5, 5.41) is 0. The Morgan fingerprint density at radius 2 is 1.68 bits per heavy atom. The van der Waals surface area contributed by atoms with Gasteiger partial charge in [-0.3, -0.25) is 0 Å². The summed E-state index contributed by atoms with van der Waals surface area (Å²) in [6, 6.07) is 14.5. The minimum absolute atomic E-state index is 0.0918. The molecule has 1 aliphatic rings. The molecule has 166 valence electrons. The van der Waals surface area contributed by atoms with E-state index < -0.39 is 12.2 Å². The molecule has 0 saturated heterocycles. The van der Waals surface area contributed by atoms with Gasteiger partial charge in [-0.25, -0.2) is 0 Å². The fourth-order valence-corrected chi connectivity index (χ4v) is 4.37. The highest BCUT2D eigenvalue weighted by Crippen LogP contribution is 2.39. The lowest BCUT2D eigenvalue weighted by molar-refractivity contribution is -0.272. The van der Waals surface area contributed by atoms with Gasteiger partial charge in [0, 0.05) is 0 Å². The molecule has 0 spiro atoms. The monoisotopic (exact) mass is 424 g/mol. The highest BCUT2D eigenvalue weighted by atomic mass is 19.3. The predicted molar refractivity (Wildman–Crippen MR) is 124 cm³/mol. The molecule has 1 saturated carbocycles. The molecular weight excluding hydrogens is 390 g/mol. The molecular formula is C28H34F2O. The normalized spacial score (nSPS) is 20.6. The van der Waals surface area contributed by atoms with Gasteiger partial charge in [0.25, 0.3) is 0 Å². The standard InChI is InChI=1S/C28H34F2O/c1-4-6-7-8-23-11-13-24(14-12-23)21(3)31-28(29,30)27-19-17-26(18-20-27)25-15-9-22(5-2)10-16-25/h4-6,11-14,17-22,25H,2,7-10,15-16H2,1,3H3/b6-4+. The fraction of sp³-hybridized carbons (Fsp3) is 0.429. The first-order valence-electron chi connectivity index (χ1n) is 11.4. The molecule has 2 aromatic rings. The van der Waals surface area contributed by atoms with E-state index in [9.17, 15) is 8.78 Å². The molecule has 1 fully saturated rings. The van der Waals surface area contributed by atoms with Gasteiger partial charge in [0.15, 0.2) is 0 Å². The largest absolute Gasteiger partial charge is 0.383 e. The van der Waals surface area contributed by atoms with Crippen molar-refractivity contribution in [3.05, 3.63) is 95.6 Å². The third-order valence-electron chi connectivity index (χ3n) is 6.43. The summed E-state index contributed by atoms with van der Waals surface area (Å²) in [5.74, 6) is 1.04. The lowest BCUT2D eigenvalue weighted by atomic mass is 9.78. The molecule has 0 aliphatic heterocycles. The van der Waals surface area contributed by atoms with Gasteiger partial charge in [0.1, 0.15) is 0 Å². The van der Waals surface area contributed by atoms with Gasteiger partial charge in [-0.15, -0.1) is 6.58 Å². The maximum absolute atomic E-state index is 14.8. The highest BCUT2D eigenvalue weighted by molar-refractivity contribution is 5.28. The third-order valence-corrected chi connectivity index (χ3v) is 6.43. The number of aryl methyl sites for hydroxylation is 1. The lowest BCUT2D eigenvalue weighted by Crippen LogP contribution is -2.20. The maximum atomic E-state index is 14.8. The highest BCUT2D eigenvalue weighted by Gasteiger charge is 2.35. The van der Waals surface area contributed by atoms with Crippen LogP contribution in [-0.4, -0.2) is 0 Å². The van der Waals surface area contributed by atoms with E-state index >= 15 is 0 Å². The number of benzene rings is 2. The van der Waals surface area contributed by atoms with Crippen molar-refractivity contribution in [1.82, 2.24) is 0 Å². The molecule has 1 nitrogen and oxygen atoms in total. The molecule has 0 bridgehead atoms. The van der Waals surface area contributed by atoms with Gasteiger partial charge in [-0.2, -0.15) is 8.78 Å². The van der Waals surface area contributed by atoms with E-state index in [1.54, 1.807) is 6.92 Å². The Morgan fingerprint density at radius 3 is 2.26 bits per heavy atom. The van der Waals surface area contributed by atoms with Gasteiger partial charge < -0.3 is 4.74 Å². The first-order chi connectivity index (χ1) is 14.9. The Morgan fingerprint density at radius 1 is 1.03 bits per heavy atom. The topological polar surface area (TPSA) is 9.23 Å². The number of hydrogen-bond donors (Lipinski definition) is 0. The fourth-order valence-electron chi connectivity index (χ4n) is 4.37. The predicted octanol–water partition coefficient (Wildman–Crippen LogP) is 8.48. The van der Waals surface area contributed by atoms with Crippen LogP contribution in [0.3, 0.4) is 0 Å². The summed E-state index contributed by atoms with van der Waals surface area (Å²) in [4.78, 5) is 0. The molecule has 31 heavy (non-hydrogen) atoms. The number of rotatable bonds is 9. The van der Waals surface area contributed by atoms with Crippen LogP contribution in [0.15, 0.2) is 73.3 Å². The van der Waals surface area contributed by atoms with Crippen LogP contribution in [0.5, 0.6) is 0 Å². The third kappa shape index (κ3) is 6.36. The molecule has 0 N–H and O–H groups in total. The van der Waals surface area contributed by atoms with Gasteiger partial charge >= 0.3 is 6.11 Å². The second-order valence-corrected chi connectivity index (χ2v) is 8.60. The summed E-state index contributed by atoms with van der Waals surface area (Å²) >= 11 is 0. The Balaban J connectivity index is 1.60. The number of allylic oxidation sites excluding steroid dienone is 3. The SMILES string of the molecule is C=CC1CCC(c2ccc(C(F)(F)OC(C)c3ccc(CC/C=C/C)cc3)cc2)CC1. The van der Waals surface area contributed by atoms with Gasteiger partial charge in [0.05, 0.1) is 11.7 Å². The summed E-state index contributed by atoms with van der Waals surface area (Å²) in [6.07, 6.45) is 8.51. The van der Waals surface area contributed by atoms with Crippen LogP contribution in [-0.2, 0) is 17.3 Å². The molecule has 3 heteroatoms. The van der Waals surface area contributed by atoms with Crippen LogP contribution in [0.2, 0.25) is 0 Å². The van der Waals surface area contributed by atoms with Gasteiger partial charge in [-0.1, -0.05) is 66.8 Å². The Bertz CT molecular complexity index is 844. The maximum Gasteiger partial charge on any atom is 0.383 e. The molecule has 0 aromatic heterocycles. The van der Waals surface area contributed by atoms with Crippen molar-refractivity contribution in [3.63, 3.8) is 0 Å². The van der Waals surface area contributed by atoms with Crippen LogP contribution >= 0.6 is 0 Å². The quantitative estimate of drug-likeness (QED) is 0.367. The number of alkyl halides is 2. The second-order valence-electron chi connectivity index (χ2n) is 8.60. The molecule has 1 unspecified atom stereocenters. The first kappa shape index (κ1) is 23.4. The van der Waals surface area contributed by atoms with E-state index in [4.69, 9.17) is 4.74 Å². The molecule has 3 rings (SSSR count). The minimum Gasteiger partial charge on any atom is -0.309 e. The smallest absolute Gasteiger partial charge is 0.309 e.